The highest BCUT2D eigenvalue weighted by Crippen LogP contribution is 2.21. The normalized spacial score (nSPS) is 25.7. The number of aromatic nitrogens is 1. The lowest BCUT2D eigenvalue weighted by Crippen LogP contribution is -2.28. The summed E-state index contributed by atoms with van der Waals surface area (Å²) < 4.78 is 0. The minimum atomic E-state index is 0.470. The van der Waals surface area contributed by atoms with Crippen LogP contribution in [0.2, 0.25) is 0 Å². The highest BCUT2D eigenvalue weighted by molar-refractivity contribution is 5.23. The molecule has 2 atom stereocenters. The zero-order chi connectivity index (χ0) is 10.7. The van der Waals surface area contributed by atoms with E-state index in [9.17, 15) is 0 Å². The number of pyridine rings is 1. The average molecular weight is 206 g/mol. The molecule has 1 aliphatic heterocycles. The van der Waals surface area contributed by atoms with Crippen LogP contribution >= 0.6 is 0 Å². The molecule has 15 heavy (non-hydrogen) atoms. The van der Waals surface area contributed by atoms with E-state index < -0.39 is 0 Å². The number of nitrogens with zero attached hydrogens (tertiary/aromatic N) is 1. The Morgan fingerprint density at radius 2 is 2.47 bits per heavy atom. The highest BCUT2D eigenvalue weighted by atomic mass is 15.4. The predicted molar refractivity (Wildman–Crippen MR) is 60.3 cm³/mol. The van der Waals surface area contributed by atoms with Crippen molar-refractivity contribution in [1.82, 2.24) is 15.8 Å². The molecule has 0 bridgehead atoms. The van der Waals surface area contributed by atoms with E-state index in [0.717, 1.165) is 18.7 Å². The maximum Gasteiger partial charge on any atom is 0.0419 e. The Bertz CT molecular complexity index is 326. The molecule has 0 radical (unpaired) electrons. The van der Waals surface area contributed by atoms with E-state index >= 15 is 0 Å². The van der Waals surface area contributed by atoms with E-state index in [4.69, 9.17) is 5.73 Å². The van der Waals surface area contributed by atoms with Gasteiger partial charge in [-0.2, -0.15) is 0 Å². The predicted octanol–water partition coefficient (Wildman–Crippen LogP) is 0.163. The molecule has 1 saturated heterocycles. The number of nitrogens with two attached hydrogens (primary N) is 1. The molecule has 1 aliphatic rings. The first-order valence-corrected chi connectivity index (χ1v) is 5.44. The van der Waals surface area contributed by atoms with Gasteiger partial charge in [-0.25, -0.2) is 0 Å². The molecular weight excluding hydrogens is 188 g/mol. The highest BCUT2D eigenvalue weighted by Gasteiger charge is 2.24. The van der Waals surface area contributed by atoms with Crippen LogP contribution in [0.15, 0.2) is 18.3 Å². The summed E-state index contributed by atoms with van der Waals surface area (Å²) in [6.45, 7) is 3.83. The first kappa shape index (κ1) is 10.5. The summed E-state index contributed by atoms with van der Waals surface area (Å²) in [4.78, 5) is 4.30. The Morgan fingerprint density at radius 1 is 1.60 bits per heavy atom. The van der Waals surface area contributed by atoms with Gasteiger partial charge < -0.3 is 5.73 Å². The Hall–Kier alpha value is -0.970. The van der Waals surface area contributed by atoms with Gasteiger partial charge in [-0.15, -0.1) is 0 Å². The van der Waals surface area contributed by atoms with Gasteiger partial charge in [0.05, 0.1) is 0 Å². The summed E-state index contributed by atoms with van der Waals surface area (Å²) in [5, 5.41) is 0. The van der Waals surface area contributed by atoms with Crippen LogP contribution in [-0.4, -0.2) is 24.1 Å². The van der Waals surface area contributed by atoms with Gasteiger partial charge in [-0.1, -0.05) is 0 Å². The molecule has 0 aliphatic carbocycles. The molecular formula is C11H18N4. The molecule has 4 N–H and O–H groups in total. The van der Waals surface area contributed by atoms with Crippen molar-refractivity contribution < 1.29 is 0 Å². The third-order valence-corrected chi connectivity index (χ3v) is 2.92. The van der Waals surface area contributed by atoms with Crippen molar-refractivity contribution in [2.45, 2.75) is 25.3 Å². The number of nitrogens with one attached hydrogen (secondary N) is 2. The first-order chi connectivity index (χ1) is 7.31. The molecule has 0 aromatic carbocycles. The molecule has 1 aromatic rings. The fourth-order valence-corrected chi connectivity index (χ4v) is 2.03. The smallest absolute Gasteiger partial charge is 0.0419 e. The lowest BCUT2D eigenvalue weighted by atomic mass is 9.94. The molecule has 2 unspecified atom stereocenters. The second kappa shape index (κ2) is 4.70. The van der Waals surface area contributed by atoms with Gasteiger partial charge in [0, 0.05) is 36.8 Å². The van der Waals surface area contributed by atoms with Crippen LogP contribution in [-0.2, 0) is 6.42 Å². The Morgan fingerprint density at radius 3 is 3.13 bits per heavy atom. The van der Waals surface area contributed by atoms with Crippen LogP contribution < -0.4 is 16.6 Å². The number of hydrazine groups is 1. The average Bonchev–Trinajstić information content (AvgIpc) is 2.65. The van der Waals surface area contributed by atoms with Gasteiger partial charge in [-0.05, 0) is 31.2 Å². The van der Waals surface area contributed by atoms with Gasteiger partial charge in [0.2, 0.25) is 0 Å². The number of hydrogen-bond donors (Lipinski definition) is 3. The van der Waals surface area contributed by atoms with Crippen molar-refractivity contribution in [1.29, 1.82) is 0 Å². The number of rotatable bonds is 3. The van der Waals surface area contributed by atoms with E-state index in [1.165, 1.54) is 5.56 Å². The quantitative estimate of drug-likeness (QED) is 0.659. The van der Waals surface area contributed by atoms with Crippen LogP contribution in [0.3, 0.4) is 0 Å². The van der Waals surface area contributed by atoms with E-state index in [1.54, 1.807) is 0 Å². The van der Waals surface area contributed by atoms with E-state index in [1.807, 2.05) is 6.20 Å². The minimum absolute atomic E-state index is 0.470. The second-order valence-electron chi connectivity index (χ2n) is 4.04. The van der Waals surface area contributed by atoms with E-state index in [2.05, 4.69) is 34.9 Å². The van der Waals surface area contributed by atoms with E-state index in [0.29, 0.717) is 18.5 Å². The molecule has 1 fully saturated rings. The lowest BCUT2D eigenvalue weighted by molar-refractivity contribution is 0.569. The fraction of sp³-hybridized carbons (Fsp3) is 0.545. The molecule has 1 aromatic heterocycles. The SMILES string of the molecule is CC1NNCC1c1ccnc(CCN)c1. The molecule has 82 valence electrons. The Balaban J connectivity index is 2.16. The minimum Gasteiger partial charge on any atom is -0.330 e. The van der Waals surface area contributed by atoms with Crippen LogP contribution in [0.1, 0.15) is 24.1 Å². The Kier molecular flexibility index (Phi) is 3.30. The summed E-state index contributed by atoms with van der Waals surface area (Å²) in [6.07, 6.45) is 2.74. The van der Waals surface area contributed by atoms with Crippen LogP contribution in [0.5, 0.6) is 0 Å². The number of hydrogen-bond acceptors (Lipinski definition) is 4. The molecule has 0 saturated carbocycles. The van der Waals surface area contributed by atoms with Gasteiger partial charge in [-0.3, -0.25) is 15.8 Å². The maximum atomic E-state index is 5.53. The van der Waals surface area contributed by atoms with Gasteiger partial charge in [0.15, 0.2) is 0 Å². The van der Waals surface area contributed by atoms with Crippen molar-refractivity contribution in [2.24, 2.45) is 5.73 Å². The van der Waals surface area contributed by atoms with Crippen LogP contribution in [0, 0.1) is 0 Å². The monoisotopic (exact) mass is 206 g/mol. The molecule has 2 rings (SSSR count). The van der Waals surface area contributed by atoms with Crippen molar-refractivity contribution in [2.75, 3.05) is 13.1 Å². The van der Waals surface area contributed by atoms with Crippen molar-refractivity contribution in [3.05, 3.63) is 29.6 Å². The Labute approximate surface area is 90.2 Å². The summed E-state index contributed by atoms with van der Waals surface area (Å²) in [5.74, 6) is 0.532. The zero-order valence-electron chi connectivity index (χ0n) is 9.03. The lowest BCUT2D eigenvalue weighted by Gasteiger charge is -2.14. The summed E-state index contributed by atoms with van der Waals surface area (Å²) in [5.41, 5.74) is 14.4. The standard InChI is InChI=1S/C11H18N4/c1-8-11(7-14-15-8)9-3-5-13-10(6-9)2-4-12/h3,5-6,8,11,14-15H,2,4,7,12H2,1H3. The van der Waals surface area contributed by atoms with E-state index in [-0.39, 0.29) is 0 Å². The third kappa shape index (κ3) is 2.34. The molecule has 4 nitrogen and oxygen atoms in total. The van der Waals surface area contributed by atoms with Gasteiger partial charge >= 0.3 is 0 Å². The molecule has 4 heteroatoms. The second-order valence-corrected chi connectivity index (χ2v) is 4.04. The summed E-state index contributed by atoms with van der Waals surface area (Å²) in [7, 11) is 0. The van der Waals surface area contributed by atoms with Crippen LogP contribution in [0.4, 0.5) is 0 Å². The fourth-order valence-electron chi connectivity index (χ4n) is 2.03. The van der Waals surface area contributed by atoms with Crippen molar-refractivity contribution in [3.8, 4) is 0 Å². The van der Waals surface area contributed by atoms with Crippen molar-refractivity contribution in [3.63, 3.8) is 0 Å². The summed E-state index contributed by atoms with van der Waals surface area (Å²) in [6, 6.07) is 4.73. The largest absolute Gasteiger partial charge is 0.330 e. The topological polar surface area (TPSA) is 63.0 Å². The summed E-state index contributed by atoms with van der Waals surface area (Å²) >= 11 is 0. The van der Waals surface area contributed by atoms with Gasteiger partial charge in [0.1, 0.15) is 0 Å². The molecule has 2 heterocycles. The van der Waals surface area contributed by atoms with Crippen molar-refractivity contribution >= 4 is 0 Å². The third-order valence-electron chi connectivity index (χ3n) is 2.92. The zero-order valence-corrected chi connectivity index (χ0v) is 9.03. The molecule has 0 spiro atoms. The van der Waals surface area contributed by atoms with Crippen LogP contribution in [0.25, 0.3) is 0 Å². The first-order valence-electron chi connectivity index (χ1n) is 5.44. The van der Waals surface area contributed by atoms with Gasteiger partial charge in [0.25, 0.3) is 0 Å². The maximum absolute atomic E-state index is 5.53. The molecule has 0 amide bonds.